The molecule has 1 amide bonds. The molecule has 0 saturated heterocycles. The van der Waals surface area contributed by atoms with Crippen molar-refractivity contribution in [2.45, 2.75) is 148 Å². The number of likely N-dealkylation sites (N-methyl/N-ethyl adjacent to an activating group) is 1. The van der Waals surface area contributed by atoms with Gasteiger partial charge >= 0.3 is 0 Å². The van der Waals surface area contributed by atoms with Crippen LogP contribution in [0.2, 0.25) is 0 Å². The van der Waals surface area contributed by atoms with Gasteiger partial charge in [-0.05, 0) is 32.1 Å². The molecule has 0 aromatic carbocycles. The molecule has 2 N–H and O–H groups in total. The molecule has 0 rings (SSSR count). The number of allylic oxidation sites excluding steroid dienone is 3. The van der Waals surface area contributed by atoms with Crippen molar-refractivity contribution in [1.82, 2.24) is 5.32 Å². The van der Waals surface area contributed by atoms with E-state index in [4.69, 9.17) is 9.05 Å². The summed E-state index contributed by atoms with van der Waals surface area (Å²) in [5.74, 6) is -0.217. The Labute approximate surface area is 264 Å². The number of aliphatic hydroxyl groups excluding tert-OH is 1. The second-order valence-corrected chi connectivity index (χ2v) is 14.3. The third-order valence-electron chi connectivity index (χ3n) is 7.41. The van der Waals surface area contributed by atoms with Crippen molar-refractivity contribution in [2.75, 3.05) is 40.9 Å². The Kier molecular flexibility index (Phi) is 26.7. The van der Waals surface area contributed by atoms with E-state index in [0.29, 0.717) is 17.4 Å². The molecule has 0 heterocycles. The van der Waals surface area contributed by atoms with Crippen molar-refractivity contribution < 1.29 is 32.9 Å². The Hall–Kier alpha value is -1.02. The number of phosphoric acid groups is 1. The summed E-state index contributed by atoms with van der Waals surface area (Å²) in [7, 11) is 1.24. The van der Waals surface area contributed by atoms with Crippen LogP contribution in [0, 0.1) is 0 Å². The minimum absolute atomic E-state index is 0.00538. The lowest BCUT2D eigenvalue weighted by atomic mass is 10.1. The average molecular weight is 631 g/mol. The number of hydrogen-bond acceptors (Lipinski definition) is 6. The molecule has 0 aliphatic heterocycles. The van der Waals surface area contributed by atoms with E-state index in [2.05, 4.69) is 31.3 Å². The minimum Gasteiger partial charge on any atom is -0.756 e. The number of aliphatic hydroxyl groups is 1. The molecule has 0 aliphatic rings. The minimum atomic E-state index is -4.57. The van der Waals surface area contributed by atoms with E-state index in [1.807, 2.05) is 27.2 Å². The van der Waals surface area contributed by atoms with Gasteiger partial charge in [-0.15, -0.1) is 0 Å². The van der Waals surface area contributed by atoms with Crippen molar-refractivity contribution >= 4 is 13.7 Å². The molecular weight excluding hydrogens is 563 g/mol. The smallest absolute Gasteiger partial charge is 0.268 e. The van der Waals surface area contributed by atoms with Crippen LogP contribution in [-0.4, -0.2) is 68.5 Å². The number of rotatable bonds is 30. The van der Waals surface area contributed by atoms with Crippen LogP contribution in [-0.2, 0) is 18.4 Å². The summed E-state index contributed by atoms with van der Waals surface area (Å²) in [5, 5.41) is 13.6. The Morgan fingerprint density at radius 1 is 0.791 bits per heavy atom. The van der Waals surface area contributed by atoms with Gasteiger partial charge in [0.25, 0.3) is 7.82 Å². The molecule has 0 aromatic heterocycles. The Balaban J connectivity index is 4.63. The number of carbonyl (C=O) groups excluding carboxylic acids is 1. The summed E-state index contributed by atoms with van der Waals surface area (Å²) in [4.78, 5) is 24.9. The Morgan fingerprint density at radius 3 is 1.88 bits per heavy atom. The van der Waals surface area contributed by atoms with Crippen LogP contribution >= 0.6 is 7.82 Å². The van der Waals surface area contributed by atoms with Crippen LogP contribution < -0.4 is 10.2 Å². The van der Waals surface area contributed by atoms with Crippen LogP contribution in [0.5, 0.6) is 0 Å². The summed E-state index contributed by atoms with van der Waals surface area (Å²) in [5.41, 5.74) is 0. The van der Waals surface area contributed by atoms with Crippen LogP contribution in [0.1, 0.15) is 136 Å². The zero-order chi connectivity index (χ0) is 32.2. The number of nitrogens with zero attached hydrogens (tertiary/aromatic N) is 1. The van der Waals surface area contributed by atoms with Crippen molar-refractivity contribution in [3.8, 4) is 0 Å². The average Bonchev–Trinajstić information content (AvgIpc) is 2.94. The number of hydrogen-bond donors (Lipinski definition) is 2. The number of carbonyl (C=O) groups is 1. The topological polar surface area (TPSA) is 108 Å². The van der Waals surface area contributed by atoms with Gasteiger partial charge in [0, 0.05) is 6.42 Å². The molecule has 0 aromatic rings. The van der Waals surface area contributed by atoms with Gasteiger partial charge in [0.1, 0.15) is 13.2 Å². The highest BCUT2D eigenvalue weighted by atomic mass is 31.2. The van der Waals surface area contributed by atoms with Gasteiger partial charge in [-0.25, -0.2) is 0 Å². The predicted octanol–water partition coefficient (Wildman–Crippen LogP) is 7.60. The second kappa shape index (κ2) is 27.3. The maximum atomic E-state index is 12.6. The first-order valence-corrected chi connectivity index (χ1v) is 18.7. The highest BCUT2D eigenvalue weighted by Gasteiger charge is 2.23. The van der Waals surface area contributed by atoms with Crippen molar-refractivity contribution in [1.29, 1.82) is 0 Å². The van der Waals surface area contributed by atoms with E-state index in [9.17, 15) is 19.4 Å². The maximum Gasteiger partial charge on any atom is 0.268 e. The van der Waals surface area contributed by atoms with E-state index in [-0.39, 0.29) is 12.5 Å². The van der Waals surface area contributed by atoms with Crippen LogP contribution in [0.3, 0.4) is 0 Å². The fourth-order valence-corrected chi connectivity index (χ4v) is 5.30. The quantitative estimate of drug-likeness (QED) is 0.0366. The number of nitrogens with one attached hydrogen (secondary N) is 1. The van der Waals surface area contributed by atoms with Gasteiger partial charge in [0.05, 0.1) is 39.9 Å². The van der Waals surface area contributed by atoms with Crippen molar-refractivity contribution in [2.24, 2.45) is 0 Å². The fourth-order valence-electron chi connectivity index (χ4n) is 4.58. The summed E-state index contributed by atoms with van der Waals surface area (Å²) in [6, 6.07) is -0.893. The van der Waals surface area contributed by atoms with Crippen molar-refractivity contribution in [3.63, 3.8) is 0 Å². The van der Waals surface area contributed by atoms with Crippen molar-refractivity contribution in [3.05, 3.63) is 24.3 Å². The maximum absolute atomic E-state index is 12.6. The summed E-state index contributed by atoms with van der Waals surface area (Å²) in [6.45, 7) is 4.53. The van der Waals surface area contributed by atoms with Crippen LogP contribution in [0.25, 0.3) is 0 Å². The molecule has 0 spiro atoms. The molecule has 254 valence electrons. The zero-order valence-corrected chi connectivity index (χ0v) is 29.3. The Bertz CT molecular complexity index is 768. The van der Waals surface area contributed by atoms with Gasteiger partial charge in [0.2, 0.25) is 5.91 Å². The Morgan fingerprint density at radius 2 is 1.30 bits per heavy atom. The normalized spacial score (nSPS) is 15.2. The van der Waals surface area contributed by atoms with E-state index in [0.717, 1.165) is 38.5 Å². The summed E-state index contributed by atoms with van der Waals surface area (Å²) >= 11 is 0. The van der Waals surface area contributed by atoms with E-state index < -0.39 is 26.6 Å². The first-order chi connectivity index (χ1) is 20.5. The molecule has 0 bridgehead atoms. The zero-order valence-electron chi connectivity index (χ0n) is 28.4. The number of unbranched alkanes of at least 4 members (excludes halogenated alkanes) is 15. The highest BCUT2D eigenvalue weighted by molar-refractivity contribution is 7.45. The van der Waals surface area contributed by atoms with Gasteiger partial charge in [-0.3, -0.25) is 9.36 Å². The number of quaternary nitrogens is 1. The molecule has 3 unspecified atom stereocenters. The number of phosphoric ester groups is 1. The molecule has 3 atom stereocenters. The third kappa shape index (κ3) is 29.5. The number of amides is 1. The van der Waals surface area contributed by atoms with E-state index in [1.165, 1.54) is 77.0 Å². The van der Waals surface area contributed by atoms with Gasteiger partial charge < -0.3 is 28.8 Å². The summed E-state index contributed by atoms with van der Waals surface area (Å²) in [6.07, 6.45) is 28.1. The lowest BCUT2D eigenvalue weighted by molar-refractivity contribution is -0.870. The fraction of sp³-hybridized carbons (Fsp3) is 0.853. The highest BCUT2D eigenvalue weighted by Crippen LogP contribution is 2.38. The van der Waals surface area contributed by atoms with Crippen LogP contribution in [0.4, 0.5) is 0 Å². The molecule has 0 radical (unpaired) electrons. The van der Waals surface area contributed by atoms with Gasteiger partial charge in [-0.1, -0.05) is 122 Å². The molecule has 9 heteroatoms. The lowest BCUT2D eigenvalue weighted by Crippen LogP contribution is -2.45. The first kappa shape index (κ1) is 42.0. The van der Waals surface area contributed by atoms with Gasteiger partial charge in [-0.2, -0.15) is 0 Å². The molecular formula is C34H67N2O6P. The lowest BCUT2D eigenvalue weighted by Gasteiger charge is -2.29. The molecule has 0 fully saturated rings. The van der Waals surface area contributed by atoms with Crippen LogP contribution in [0.15, 0.2) is 24.3 Å². The standard InChI is InChI=1S/C34H67N2O6P/c1-6-8-10-12-14-15-16-17-18-19-20-22-23-25-27-33(37)32(31-42-43(39,40)41-30-29-36(3,4)5)35-34(38)28-26-24-21-13-11-9-7-2/h19-20,25,27,32-33,37H,6-18,21-24,26,28-31H2,1-5H3,(H-,35,38,39,40)/b20-19+,27-25+. The summed E-state index contributed by atoms with van der Waals surface area (Å²) < 4.78 is 22.9. The third-order valence-corrected chi connectivity index (χ3v) is 8.38. The van der Waals surface area contributed by atoms with Gasteiger partial charge in [0.15, 0.2) is 0 Å². The first-order valence-electron chi connectivity index (χ1n) is 17.2. The monoisotopic (exact) mass is 630 g/mol. The second-order valence-electron chi connectivity index (χ2n) is 12.9. The molecule has 43 heavy (non-hydrogen) atoms. The molecule has 0 aliphatic carbocycles. The van der Waals surface area contributed by atoms with E-state index in [1.54, 1.807) is 6.08 Å². The molecule has 0 saturated carbocycles. The predicted molar refractivity (Wildman–Crippen MR) is 178 cm³/mol. The van der Waals surface area contributed by atoms with E-state index >= 15 is 0 Å². The SMILES string of the molecule is CCCCCCCCCC/C=C/CC/C=C/C(O)C(COP(=O)([O-])OCC[N+](C)(C)C)NC(=O)CCCCCCCCC. The molecule has 8 nitrogen and oxygen atoms in total. The largest absolute Gasteiger partial charge is 0.756 e.